The van der Waals surface area contributed by atoms with Crippen molar-refractivity contribution in [2.45, 2.75) is 19.9 Å². The van der Waals surface area contributed by atoms with Crippen LogP contribution in [0.5, 0.6) is 0 Å². The monoisotopic (exact) mass is 455 g/mol. The SMILES string of the molecule is CC1=C(C(=O)Nc2ccccc2C)[C@@H](c2ccccc2)n2c(sc(=Cc3ccoc3)c2=O)=N1. The number of fused-ring (bicyclic) bond motifs is 1. The van der Waals surface area contributed by atoms with Crippen molar-refractivity contribution >= 4 is 29.0 Å². The molecule has 2 aromatic heterocycles. The number of allylic oxidation sites excluding steroid dienone is 1. The van der Waals surface area contributed by atoms with Gasteiger partial charge in [0.15, 0.2) is 4.80 Å². The molecule has 1 atom stereocenters. The summed E-state index contributed by atoms with van der Waals surface area (Å²) in [5, 5.41) is 3.01. The zero-order valence-electron chi connectivity index (χ0n) is 18.1. The number of carbonyl (C=O) groups is 1. The van der Waals surface area contributed by atoms with E-state index in [1.54, 1.807) is 29.2 Å². The van der Waals surface area contributed by atoms with Crippen molar-refractivity contribution in [1.82, 2.24) is 4.57 Å². The van der Waals surface area contributed by atoms with Crippen molar-refractivity contribution in [3.8, 4) is 0 Å². The molecule has 5 rings (SSSR count). The number of hydrogen-bond donors (Lipinski definition) is 1. The number of thiazole rings is 1. The van der Waals surface area contributed by atoms with Gasteiger partial charge in [-0.3, -0.25) is 14.2 Å². The zero-order chi connectivity index (χ0) is 22.9. The predicted molar refractivity (Wildman–Crippen MR) is 129 cm³/mol. The van der Waals surface area contributed by atoms with Gasteiger partial charge in [-0.2, -0.15) is 0 Å². The predicted octanol–water partition coefficient (Wildman–Crippen LogP) is 3.78. The lowest BCUT2D eigenvalue weighted by atomic mass is 9.95. The molecule has 7 heteroatoms. The van der Waals surface area contributed by atoms with Crippen LogP contribution in [0.25, 0.3) is 6.08 Å². The number of nitrogens with one attached hydrogen (secondary N) is 1. The minimum absolute atomic E-state index is 0.192. The Labute approximate surface area is 193 Å². The summed E-state index contributed by atoms with van der Waals surface area (Å²) >= 11 is 1.30. The summed E-state index contributed by atoms with van der Waals surface area (Å²) in [7, 11) is 0. The maximum atomic E-state index is 13.5. The van der Waals surface area contributed by atoms with E-state index < -0.39 is 6.04 Å². The Morgan fingerprint density at radius 3 is 2.58 bits per heavy atom. The summed E-state index contributed by atoms with van der Waals surface area (Å²) in [6.45, 7) is 3.76. The Bertz CT molecular complexity index is 1540. The topological polar surface area (TPSA) is 76.6 Å². The molecular weight excluding hydrogens is 434 g/mol. The normalized spacial score (nSPS) is 15.8. The first kappa shape index (κ1) is 20.9. The summed E-state index contributed by atoms with van der Waals surface area (Å²) in [6, 6.07) is 18.4. The van der Waals surface area contributed by atoms with Gasteiger partial charge >= 0.3 is 0 Å². The first-order chi connectivity index (χ1) is 16.0. The van der Waals surface area contributed by atoms with Gasteiger partial charge in [0, 0.05) is 11.3 Å². The van der Waals surface area contributed by atoms with E-state index in [1.165, 1.54) is 11.3 Å². The summed E-state index contributed by atoms with van der Waals surface area (Å²) in [5.74, 6) is -0.275. The van der Waals surface area contributed by atoms with Gasteiger partial charge in [0.25, 0.3) is 11.5 Å². The Kier molecular flexibility index (Phi) is 5.40. The third-order valence-electron chi connectivity index (χ3n) is 5.62. The Morgan fingerprint density at radius 2 is 1.85 bits per heavy atom. The van der Waals surface area contributed by atoms with Gasteiger partial charge in [-0.05, 0) is 43.2 Å². The number of furan rings is 1. The van der Waals surface area contributed by atoms with E-state index in [9.17, 15) is 9.59 Å². The molecule has 3 heterocycles. The highest BCUT2D eigenvalue weighted by atomic mass is 32.1. The first-order valence-electron chi connectivity index (χ1n) is 10.5. The molecule has 0 saturated heterocycles. The molecule has 0 bridgehead atoms. The van der Waals surface area contributed by atoms with Gasteiger partial charge in [0.1, 0.15) is 0 Å². The van der Waals surface area contributed by atoms with Crippen molar-refractivity contribution in [2.24, 2.45) is 4.99 Å². The molecule has 4 aromatic rings. The maximum Gasteiger partial charge on any atom is 0.271 e. The molecule has 0 unspecified atom stereocenters. The fraction of sp³-hybridized carbons (Fsp3) is 0.115. The second-order valence-corrected chi connectivity index (χ2v) is 8.83. The number of aryl methyl sites for hydroxylation is 1. The molecule has 1 N–H and O–H groups in total. The van der Waals surface area contributed by atoms with Gasteiger partial charge in [0.05, 0.1) is 34.4 Å². The summed E-state index contributed by atoms with van der Waals surface area (Å²) in [5.41, 5.74) is 4.17. The van der Waals surface area contributed by atoms with E-state index >= 15 is 0 Å². The first-order valence-corrected chi connectivity index (χ1v) is 11.3. The van der Waals surface area contributed by atoms with E-state index in [0.29, 0.717) is 20.6 Å². The molecule has 164 valence electrons. The molecule has 33 heavy (non-hydrogen) atoms. The fourth-order valence-electron chi connectivity index (χ4n) is 3.97. The Balaban J connectivity index is 1.68. The second kappa shape index (κ2) is 8.52. The molecule has 0 radical (unpaired) electrons. The fourth-order valence-corrected chi connectivity index (χ4v) is 5.02. The number of aromatic nitrogens is 1. The van der Waals surface area contributed by atoms with Crippen molar-refractivity contribution in [2.75, 3.05) is 5.32 Å². The van der Waals surface area contributed by atoms with Crippen LogP contribution < -0.4 is 20.2 Å². The molecule has 1 aliphatic heterocycles. The van der Waals surface area contributed by atoms with Crippen LogP contribution >= 0.6 is 11.3 Å². The van der Waals surface area contributed by atoms with E-state index in [-0.39, 0.29) is 11.5 Å². The largest absolute Gasteiger partial charge is 0.472 e. The maximum absolute atomic E-state index is 13.5. The van der Waals surface area contributed by atoms with Crippen LogP contribution in [0.2, 0.25) is 0 Å². The van der Waals surface area contributed by atoms with E-state index in [2.05, 4.69) is 10.3 Å². The van der Waals surface area contributed by atoms with Crippen molar-refractivity contribution in [3.63, 3.8) is 0 Å². The molecule has 0 fully saturated rings. The average Bonchev–Trinajstić information content (AvgIpc) is 3.43. The summed E-state index contributed by atoms with van der Waals surface area (Å²) < 4.78 is 7.28. The minimum Gasteiger partial charge on any atom is -0.472 e. The van der Waals surface area contributed by atoms with Crippen LogP contribution in [0.1, 0.15) is 29.7 Å². The molecule has 1 aliphatic rings. The highest BCUT2D eigenvalue weighted by molar-refractivity contribution is 7.07. The van der Waals surface area contributed by atoms with Gasteiger partial charge in [-0.1, -0.05) is 59.9 Å². The van der Waals surface area contributed by atoms with Crippen molar-refractivity contribution in [1.29, 1.82) is 0 Å². The number of amides is 1. The minimum atomic E-state index is -0.585. The van der Waals surface area contributed by atoms with E-state index in [4.69, 9.17) is 4.42 Å². The number of carbonyl (C=O) groups excluding carboxylic acids is 1. The molecule has 6 nitrogen and oxygen atoms in total. The van der Waals surface area contributed by atoms with Gasteiger partial charge in [0.2, 0.25) is 0 Å². The highest BCUT2D eigenvalue weighted by Gasteiger charge is 2.32. The lowest BCUT2D eigenvalue weighted by Crippen LogP contribution is -2.40. The number of hydrogen-bond acceptors (Lipinski definition) is 5. The third kappa shape index (κ3) is 3.87. The number of benzene rings is 2. The molecule has 0 saturated carbocycles. The molecule has 0 aliphatic carbocycles. The van der Waals surface area contributed by atoms with Gasteiger partial charge in [-0.25, -0.2) is 4.99 Å². The second-order valence-electron chi connectivity index (χ2n) is 7.82. The highest BCUT2D eigenvalue weighted by Crippen LogP contribution is 2.31. The molecule has 2 aromatic carbocycles. The van der Waals surface area contributed by atoms with Crippen LogP contribution in [-0.4, -0.2) is 10.5 Å². The van der Waals surface area contributed by atoms with E-state index in [1.807, 2.05) is 68.4 Å². The summed E-state index contributed by atoms with van der Waals surface area (Å²) in [4.78, 5) is 32.3. The molecule has 0 spiro atoms. The van der Waals surface area contributed by atoms with E-state index in [0.717, 1.165) is 22.4 Å². The Morgan fingerprint density at radius 1 is 1.09 bits per heavy atom. The lowest BCUT2D eigenvalue weighted by molar-refractivity contribution is -0.113. The Hall–Kier alpha value is -3.97. The quantitative estimate of drug-likeness (QED) is 0.509. The number of para-hydroxylation sites is 1. The third-order valence-corrected chi connectivity index (χ3v) is 6.60. The van der Waals surface area contributed by atoms with Crippen LogP contribution in [-0.2, 0) is 4.79 Å². The van der Waals surface area contributed by atoms with Gasteiger partial charge < -0.3 is 9.73 Å². The number of nitrogens with zero attached hydrogens (tertiary/aromatic N) is 2. The van der Waals surface area contributed by atoms with Crippen LogP contribution in [0.3, 0.4) is 0 Å². The van der Waals surface area contributed by atoms with Crippen LogP contribution in [0, 0.1) is 6.92 Å². The summed E-state index contributed by atoms with van der Waals surface area (Å²) in [6.07, 6.45) is 4.93. The zero-order valence-corrected chi connectivity index (χ0v) is 18.9. The van der Waals surface area contributed by atoms with Gasteiger partial charge in [-0.15, -0.1) is 0 Å². The van der Waals surface area contributed by atoms with Crippen molar-refractivity contribution in [3.05, 3.63) is 121 Å². The lowest BCUT2D eigenvalue weighted by Gasteiger charge is -2.25. The number of anilines is 1. The smallest absolute Gasteiger partial charge is 0.271 e. The number of rotatable bonds is 4. The van der Waals surface area contributed by atoms with Crippen LogP contribution in [0.4, 0.5) is 5.69 Å². The molecule has 1 amide bonds. The molecular formula is C26H21N3O3S. The van der Waals surface area contributed by atoms with Crippen molar-refractivity contribution < 1.29 is 9.21 Å². The van der Waals surface area contributed by atoms with Crippen LogP contribution in [0.15, 0.2) is 98.7 Å². The average molecular weight is 456 g/mol. The standard InChI is InChI=1S/C26H21N3O3S/c1-16-8-6-7-11-20(16)28-24(30)22-17(2)27-26-29(23(22)19-9-4-3-5-10-19)25(31)21(33-26)14-18-12-13-32-15-18/h3-15,23H,1-2H3,(H,28,30)/t23-/m1/s1.